The molecule has 166 valence electrons. The average molecular weight is 487 g/mol. The Balaban J connectivity index is 1.57. The summed E-state index contributed by atoms with van der Waals surface area (Å²) in [5.41, 5.74) is 1.20. The Morgan fingerprint density at radius 1 is 1.16 bits per heavy atom. The summed E-state index contributed by atoms with van der Waals surface area (Å²) in [6.45, 7) is 1.74. The lowest BCUT2D eigenvalue weighted by atomic mass is 10.1. The summed E-state index contributed by atoms with van der Waals surface area (Å²) in [6, 6.07) is 9.87. The topological polar surface area (TPSA) is 51.6 Å². The summed E-state index contributed by atoms with van der Waals surface area (Å²) in [5.74, 6) is -5.51. The van der Waals surface area contributed by atoms with E-state index in [1.54, 1.807) is 43.3 Å². The highest BCUT2D eigenvalue weighted by molar-refractivity contribution is 7.09. The van der Waals surface area contributed by atoms with E-state index < -0.39 is 23.8 Å². The molecule has 2 aromatic carbocycles. The average Bonchev–Trinajstić information content (AvgIpc) is 3.29. The van der Waals surface area contributed by atoms with Gasteiger partial charge in [-0.1, -0.05) is 29.8 Å². The number of alkyl halides is 5. The third-order valence-electron chi connectivity index (χ3n) is 4.71. The number of esters is 1. The number of carbonyl (C=O) groups excluding carboxylic acids is 1. The van der Waals surface area contributed by atoms with E-state index in [0.29, 0.717) is 27.8 Å². The molecule has 0 fully saturated rings. The lowest BCUT2D eigenvalue weighted by Crippen LogP contribution is -2.34. The molecule has 0 saturated carbocycles. The summed E-state index contributed by atoms with van der Waals surface area (Å²) in [7, 11) is 0. The largest absolute Gasteiger partial charge is 0.459 e. The van der Waals surface area contributed by atoms with Crippen molar-refractivity contribution in [2.24, 2.45) is 4.99 Å². The number of hydrogen-bond acceptors (Lipinski definition) is 5. The van der Waals surface area contributed by atoms with E-state index in [0.717, 1.165) is 11.3 Å². The van der Waals surface area contributed by atoms with Crippen LogP contribution in [-0.4, -0.2) is 23.0 Å². The first-order valence-electron chi connectivity index (χ1n) is 9.06. The molecule has 1 aliphatic heterocycles. The summed E-state index contributed by atoms with van der Waals surface area (Å²) < 4.78 is 69.7. The first-order valence-corrected chi connectivity index (χ1v) is 10.3. The zero-order valence-electron chi connectivity index (χ0n) is 16.1. The number of ether oxygens (including phenoxy) is 1. The number of aromatic nitrogens is 1. The van der Waals surface area contributed by atoms with Crippen molar-refractivity contribution in [2.75, 3.05) is 0 Å². The summed E-state index contributed by atoms with van der Waals surface area (Å²) in [4.78, 5) is 19.9. The molecule has 0 radical (unpaired) electrons. The second kappa shape index (κ2) is 7.93. The lowest BCUT2D eigenvalue weighted by molar-refractivity contribution is -0.290. The third kappa shape index (κ3) is 4.00. The van der Waals surface area contributed by atoms with Crippen molar-refractivity contribution in [3.05, 3.63) is 79.8 Å². The van der Waals surface area contributed by atoms with Crippen molar-refractivity contribution in [1.82, 2.24) is 4.98 Å². The fourth-order valence-electron chi connectivity index (χ4n) is 3.11. The number of thiazole rings is 1. The van der Waals surface area contributed by atoms with Crippen molar-refractivity contribution < 1.29 is 31.5 Å². The second-order valence-corrected chi connectivity index (χ2v) is 8.31. The predicted molar refractivity (Wildman–Crippen MR) is 109 cm³/mol. The molecule has 32 heavy (non-hydrogen) atoms. The van der Waals surface area contributed by atoms with Crippen LogP contribution in [0.25, 0.3) is 0 Å². The molecule has 3 aromatic rings. The molecule has 0 amide bonds. The smallest absolute Gasteiger partial charge is 0.403 e. The Kier molecular flexibility index (Phi) is 5.54. The molecule has 1 aromatic heterocycles. The van der Waals surface area contributed by atoms with Crippen LogP contribution in [0.4, 0.5) is 27.6 Å². The van der Waals surface area contributed by atoms with E-state index in [1.165, 1.54) is 0 Å². The zero-order chi connectivity index (χ0) is 23.3. The van der Waals surface area contributed by atoms with Gasteiger partial charge in [0.2, 0.25) is 5.90 Å². The maximum Gasteiger partial charge on any atom is 0.459 e. The number of benzene rings is 2. The standard InChI is InChI=1S/C21H12ClF5N2O2S/c1-10-7-11(8-16-29-15(9-32-16)20(23,24)21(25,26)27)5-6-14(10)28-18-12-3-2-4-13(22)17(12)19(30)31-18/h2-7,9H,8H2,1H3. The minimum atomic E-state index is -5.71. The predicted octanol–water partition coefficient (Wildman–Crippen LogP) is 6.60. The normalized spacial score (nSPS) is 15.2. The van der Waals surface area contributed by atoms with Crippen LogP contribution >= 0.6 is 22.9 Å². The Hall–Kier alpha value is -2.85. The third-order valence-corrected chi connectivity index (χ3v) is 5.87. The molecular formula is C21H12ClF5N2O2S. The van der Waals surface area contributed by atoms with E-state index in [-0.39, 0.29) is 27.9 Å². The monoisotopic (exact) mass is 486 g/mol. The molecule has 0 N–H and O–H groups in total. The van der Waals surface area contributed by atoms with Gasteiger partial charge in [-0.3, -0.25) is 0 Å². The first-order chi connectivity index (χ1) is 15.0. The van der Waals surface area contributed by atoms with Crippen molar-refractivity contribution in [3.63, 3.8) is 0 Å². The molecule has 1 aliphatic rings. The molecule has 0 spiro atoms. The highest BCUT2D eigenvalue weighted by atomic mass is 35.5. The molecule has 0 unspecified atom stereocenters. The van der Waals surface area contributed by atoms with Gasteiger partial charge >= 0.3 is 18.1 Å². The fourth-order valence-corrected chi connectivity index (χ4v) is 4.21. The number of halogens is 6. The Morgan fingerprint density at radius 2 is 1.91 bits per heavy atom. The van der Waals surface area contributed by atoms with Gasteiger partial charge in [-0.25, -0.2) is 14.8 Å². The molecular weight excluding hydrogens is 475 g/mol. The van der Waals surface area contributed by atoms with E-state index >= 15 is 0 Å². The van der Waals surface area contributed by atoms with Gasteiger partial charge in [-0.05, 0) is 36.2 Å². The van der Waals surface area contributed by atoms with Crippen LogP contribution in [0.15, 0.2) is 46.8 Å². The number of aliphatic imine (C=N–C) groups is 1. The Bertz CT molecular complexity index is 1250. The van der Waals surface area contributed by atoms with Crippen LogP contribution in [-0.2, 0) is 17.1 Å². The van der Waals surface area contributed by atoms with Crippen molar-refractivity contribution in [3.8, 4) is 0 Å². The van der Waals surface area contributed by atoms with Gasteiger partial charge in [-0.2, -0.15) is 22.0 Å². The molecule has 2 heterocycles. The summed E-state index contributed by atoms with van der Waals surface area (Å²) >= 11 is 6.78. The Labute approximate surface area is 187 Å². The zero-order valence-corrected chi connectivity index (χ0v) is 17.7. The van der Waals surface area contributed by atoms with Crippen LogP contribution < -0.4 is 0 Å². The minimum Gasteiger partial charge on any atom is -0.403 e. The number of rotatable bonds is 4. The van der Waals surface area contributed by atoms with Crippen molar-refractivity contribution in [1.29, 1.82) is 0 Å². The summed E-state index contributed by atoms with van der Waals surface area (Å²) in [5, 5.41) is 1.09. The molecule has 0 bridgehead atoms. The lowest BCUT2D eigenvalue weighted by Gasteiger charge is -2.16. The van der Waals surface area contributed by atoms with Gasteiger partial charge in [-0.15, -0.1) is 11.3 Å². The maximum absolute atomic E-state index is 13.4. The maximum atomic E-state index is 13.4. The number of aryl methyl sites for hydroxylation is 1. The molecule has 4 rings (SSSR count). The highest BCUT2D eigenvalue weighted by Crippen LogP contribution is 2.44. The highest BCUT2D eigenvalue weighted by Gasteiger charge is 2.60. The van der Waals surface area contributed by atoms with E-state index in [2.05, 4.69) is 9.98 Å². The van der Waals surface area contributed by atoms with Gasteiger partial charge in [0.1, 0.15) is 5.69 Å². The SMILES string of the molecule is Cc1cc(Cc2nc(C(F)(F)C(F)(F)F)cs2)ccc1N=C1OC(=O)c2c(Cl)cccc21. The van der Waals surface area contributed by atoms with Gasteiger partial charge in [0.15, 0.2) is 0 Å². The van der Waals surface area contributed by atoms with Crippen LogP contribution in [0.2, 0.25) is 5.02 Å². The number of nitrogens with zero attached hydrogens (tertiary/aromatic N) is 2. The van der Waals surface area contributed by atoms with Gasteiger partial charge in [0, 0.05) is 11.8 Å². The fraction of sp³-hybridized carbons (Fsp3) is 0.190. The Morgan fingerprint density at radius 3 is 2.59 bits per heavy atom. The molecule has 11 heteroatoms. The first kappa shape index (κ1) is 22.3. The second-order valence-electron chi connectivity index (χ2n) is 6.97. The van der Waals surface area contributed by atoms with E-state index in [4.69, 9.17) is 16.3 Å². The number of cyclic esters (lactones) is 1. The van der Waals surface area contributed by atoms with Crippen molar-refractivity contribution in [2.45, 2.75) is 25.4 Å². The van der Waals surface area contributed by atoms with Crippen LogP contribution in [0, 0.1) is 6.92 Å². The summed E-state index contributed by atoms with van der Waals surface area (Å²) in [6.07, 6.45) is -5.63. The van der Waals surface area contributed by atoms with E-state index in [1.807, 2.05) is 0 Å². The minimum absolute atomic E-state index is 0.0731. The number of fused-ring (bicyclic) bond motifs is 1. The van der Waals surface area contributed by atoms with E-state index in [9.17, 15) is 26.7 Å². The van der Waals surface area contributed by atoms with Crippen LogP contribution in [0.1, 0.15) is 37.7 Å². The molecule has 0 saturated heterocycles. The number of hydrogen-bond donors (Lipinski definition) is 0. The van der Waals surface area contributed by atoms with Crippen LogP contribution in [0.3, 0.4) is 0 Å². The van der Waals surface area contributed by atoms with Gasteiger partial charge < -0.3 is 4.74 Å². The van der Waals surface area contributed by atoms with Gasteiger partial charge in [0.25, 0.3) is 0 Å². The van der Waals surface area contributed by atoms with Crippen LogP contribution in [0.5, 0.6) is 0 Å². The van der Waals surface area contributed by atoms with Gasteiger partial charge in [0.05, 0.1) is 26.8 Å². The quantitative estimate of drug-likeness (QED) is 0.308. The molecule has 4 nitrogen and oxygen atoms in total. The molecule has 0 aliphatic carbocycles. The number of carbonyl (C=O) groups is 1. The van der Waals surface area contributed by atoms with Crippen molar-refractivity contribution >= 4 is 40.5 Å². The molecule has 0 atom stereocenters.